The van der Waals surface area contributed by atoms with Crippen LogP contribution in [0.3, 0.4) is 0 Å². The van der Waals surface area contributed by atoms with Crippen molar-refractivity contribution in [3.05, 3.63) is 27.3 Å². The Morgan fingerprint density at radius 3 is 2.59 bits per heavy atom. The summed E-state index contributed by atoms with van der Waals surface area (Å²) in [6.45, 7) is 1.44. The zero-order valence-corrected chi connectivity index (χ0v) is 12.8. The van der Waals surface area contributed by atoms with Crippen molar-refractivity contribution in [1.82, 2.24) is 0 Å². The second kappa shape index (κ2) is 7.60. The molecule has 0 aliphatic rings. The average Bonchev–Trinajstić information content (AvgIpc) is 2.46. The van der Waals surface area contributed by atoms with Crippen LogP contribution in [0, 0.1) is 17.0 Å². The zero-order valence-electron chi connectivity index (χ0n) is 12.0. The summed E-state index contributed by atoms with van der Waals surface area (Å²) in [6.07, 6.45) is 0.534. The van der Waals surface area contributed by atoms with Gasteiger partial charge in [0, 0.05) is 18.4 Å². The maximum Gasteiger partial charge on any atom is 0.336 e. The highest BCUT2D eigenvalue weighted by Crippen LogP contribution is 2.39. The van der Waals surface area contributed by atoms with Crippen molar-refractivity contribution in [3.8, 4) is 5.75 Å². The van der Waals surface area contributed by atoms with E-state index in [2.05, 4.69) is 5.32 Å². The van der Waals surface area contributed by atoms with Crippen LogP contribution in [0.2, 0.25) is 0 Å². The van der Waals surface area contributed by atoms with Crippen LogP contribution in [0.1, 0.15) is 28.8 Å². The third-order valence-corrected chi connectivity index (χ3v) is 3.22. The number of hydrogen-bond acceptors (Lipinski definition) is 5. The molecule has 0 aliphatic carbocycles. The van der Waals surface area contributed by atoms with E-state index in [-0.39, 0.29) is 29.0 Å². The number of methoxy groups -OCH3 is 1. The number of ether oxygens (including phenoxy) is 1. The van der Waals surface area contributed by atoms with E-state index in [0.29, 0.717) is 12.3 Å². The van der Waals surface area contributed by atoms with Crippen molar-refractivity contribution < 1.29 is 24.4 Å². The summed E-state index contributed by atoms with van der Waals surface area (Å²) in [5.74, 6) is -1.66. The molecule has 9 heteroatoms. The topological polar surface area (TPSA) is 119 Å². The van der Waals surface area contributed by atoms with Crippen LogP contribution < -0.4 is 10.1 Å². The number of nitro benzene ring substituents is 1. The fourth-order valence-electron chi connectivity index (χ4n) is 1.89. The number of halogens is 1. The lowest BCUT2D eigenvalue weighted by molar-refractivity contribution is -0.385. The van der Waals surface area contributed by atoms with Gasteiger partial charge in [0.15, 0.2) is 0 Å². The number of nitrogens with one attached hydrogen (secondary N) is 1. The van der Waals surface area contributed by atoms with E-state index in [1.165, 1.54) is 14.0 Å². The molecule has 1 aromatic rings. The maximum atomic E-state index is 11.8. The summed E-state index contributed by atoms with van der Waals surface area (Å²) in [5, 5.41) is 22.7. The monoisotopic (exact) mass is 330 g/mol. The number of nitro groups is 1. The Labute approximate surface area is 131 Å². The largest absolute Gasteiger partial charge is 0.489 e. The van der Waals surface area contributed by atoms with Crippen molar-refractivity contribution >= 4 is 34.9 Å². The Bertz CT molecular complexity index is 617. The number of carboxylic acid groups (broad SMARTS) is 1. The summed E-state index contributed by atoms with van der Waals surface area (Å²) in [6, 6.07) is 0.908. The van der Waals surface area contributed by atoms with E-state index in [1.54, 1.807) is 0 Å². The average molecular weight is 331 g/mol. The number of carboxylic acids is 1. The molecule has 8 nitrogen and oxygen atoms in total. The second-order valence-corrected chi connectivity index (χ2v) is 4.76. The van der Waals surface area contributed by atoms with E-state index >= 15 is 0 Å². The molecule has 0 heterocycles. The molecule has 120 valence electrons. The molecule has 0 radical (unpaired) electrons. The predicted octanol–water partition coefficient (Wildman–Crippen LogP) is 2.57. The quantitative estimate of drug-likeness (QED) is 0.450. The molecule has 0 atom stereocenters. The minimum atomic E-state index is -1.33. The van der Waals surface area contributed by atoms with Gasteiger partial charge in [-0.15, -0.1) is 11.6 Å². The first-order valence-electron chi connectivity index (χ1n) is 6.28. The zero-order chi connectivity index (χ0) is 16.9. The summed E-state index contributed by atoms with van der Waals surface area (Å²) in [5.41, 5.74) is -0.652. The molecule has 0 spiro atoms. The van der Waals surface area contributed by atoms with Gasteiger partial charge in [0.2, 0.25) is 11.7 Å². The Hall–Kier alpha value is -2.35. The van der Waals surface area contributed by atoms with Crippen molar-refractivity contribution in [3.63, 3.8) is 0 Å². The Kier molecular flexibility index (Phi) is 6.11. The van der Waals surface area contributed by atoms with E-state index < -0.39 is 22.5 Å². The molecule has 0 saturated heterocycles. The predicted molar refractivity (Wildman–Crippen MR) is 79.9 cm³/mol. The van der Waals surface area contributed by atoms with Crippen LogP contribution in [-0.4, -0.2) is 34.9 Å². The van der Waals surface area contributed by atoms with Gasteiger partial charge in [0.25, 0.3) is 0 Å². The number of alkyl halides is 1. The molecular weight excluding hydrogens is 316 g/mol. The standard InChI is InChI=1S/C13H15ClN2O6/c1-7-8(13(18)19)6-9(16(20)21)12(22-2)11(7)15-10(17)4-3-5-14/h6H,3-5H2,1-2H3,(H,15,17)(H,18,19). The highest BCUT2D eigenvalue weighted by atomic mass is 35.5. The third-order valence-electron chi connectivity index (χ3n) is 2.95. The summed E-state index contributed by atoms with van der Waals surface area (Å²) in [4.78, 5) is 33.3. The number of hydrogen-bond donors (Lipinski definition) is 2. The molecule has 0 bridgehead atoms. The normalized spacial score (nSPS) is 10.1. The van der Waals surface area contributed by atoms with Gasteiger partial charge in [-0.1, -0.05) is 0 Å². The van der Waals surface area contributed by atoms with Gasteiger partial charge in [0.05, 0.1) is 23.3 Å². The summed E-state index contributed by atoms with van der Waals surface area (Å²) in [7, 11) is 1.20. The number of nitrogens with zero attached hydrogens (tertiary/aromatic N) is 1. The molecular formula is C13H15ClN2O6. The Morgan fingerprint density at radius 2 is 2.14 bits per heavy atom. The molecule has 1 rings (SSSR count). The molecule has 0 aliphatic heterocycles. The van der Waals surface area contributed by atoms with Gasteiger partial charge in [-0.05, 0) is 18.9 Å². The van der Waals surface area contributed by atoms with E-state index in [9.17, 15) is 19.7 Å². The van der Waals surface area contributed by atoms with Gasteiger partial charge in [-0.25, -0.2) is 4.79 Å². The molecule has 0 fully saturated rings. The lowest BCUT2D eigenvalue weighted by Crippen LogP contribution is -2.15. The van der Waals surface area contributed by atoms with Crippen LogP contribution in [-0.2, 0) is 4.79 Å². The Balaban J connectivity index is 3.41. The number of rotatable bonds is 7. The summed E-state index contributed by atoms with van der Waals surface area (Å²) < 4.78 is 4.98. The fraction of sp³-hybridized carbons (Fsp3) is 0.385. The van der Waals surface area contributed by atoms with Crippen LogP contribution >= 0.6 is 11.6 Å². The highest BCUT2D eigenvalue weighted by molar-refractivity contribution is 6.18. The van der Waals surface area contributed by atoms with Gasteiger partial charge in [-0.2, -0.15) is 0 Å². The van der Waals surface area contributed by atoms with Crippen LogP contribution in [0.15, 0.2) is 6.07 Å². The molecule has 1 amide bonds. The summed E-state index contributed by atoms with van der Waals surface area (Å²) >= 11 is 5.50. The third kappa shape index (κ3) is 3.85. The number of carbonyl (C=O) groups excluding carboxylic acids is 1. The minimum Gasteiger partial charge on any atom is -0.489 e. The molecule has 0 aromatic heterocycles. The van der Waals surface area contributed by atoms with Crippen LogP contribution in [0.4, 0.5) is 11.4 Å². The van der Waals surface area contributed by atoms with E-state index in [0.717, 1.165) is 6.07 Å². The first-order valence-corrected chi connectivity index (χ1v) is 6.82. The smallest absolute Gasteiger partial charge is 0.336 e. The van der Waals surface area contributed by atoms with Crippen LogP contribution in [0.25, 0.3) is 0 Å². The SMILES string of the molecule is COc1c([N+](=O)[O-])cc(C(=O)O)c(C)c1NC(=O)CCCCl. The van der Waals surface area contributed by atoms with E-state index in [4.69, 9.17) is 21.4 Å². The fourth-order valence-corrected chi connectivity index (χ4v) is 2.02. The number of amides is 1. The van der Waals surface area contributed by atoms with Gasteiger partial charge in [-0.3, -0.25) is 14.9 Å². The maximum absolute atomic E-state index is 11.8. The van der Waals surface area contributed by atoms with Gasteiger partial charge >= 0.3 is 11.7 Å². The number of carbonyl (C=O) groups is 2. The first kappa shape index (κ1) is 17.7. The molecule has 0 unspecified atom stereocenters. The molecule has 22 heavy (non-hydrogen) atoms. The van der Waals surface area contributed by atoms with Crippen molar-refractivity contribution in [2.24, 2.45) is 0 Å². The number of benzene rings is 1. The van der Waals surface area contributed by atoms with Gasteiger partial charge < -0.3 is 15.2 Å². The van der Waals surface area contributed by atoms with Gasteiger partial charge in [0.1, 0.15) is 0 Å². The molecule has 2 N–H and O–H groups in total. The lowest BCUT2D eigenvalue weighted by atomic mass is 10.0. The second-order valence-electron chi connectivity index (χ2n) is 4.38. The van der Waals surface area contributed by atoms with Crippen molar-refractivity contribution in [2.45, 2.75) is 19.8 Å². The number of aromatic carboxylic acids is 1. The molecule has 0 saturated carbocycles. The molecule has 1 aromatic carbocycles. The first-order chi connectivity index (χ1) is 10.3. The van der Waals surface area contributed by atoms with E-state index in [1.807, 2.05) is 0 Å². The Morgan fingerprint density at radius 1 is 1.50 bits per heavy atom. The van der Waals surface area contributed by atoms with Crippen molar-refractivity contribution in [2.75, 3.05) is 18.3 Å². The minimum absolute atomic E-state index is 0.0197. The lowest BCUT2D eigenvalue weighted by Gasteiger charge is -2.15. The number of anilines is 1. The van der Waals surface area contributed by atoms with Crippen LogP contribution in [0.5, 0.6) is 5.75 Å². The highest BCUT2D eigenvalue weighted by Gasteiger charge is 2.27. The van der Waals surface area contributed by atoms with Crippen molar-refractivity contribution in [1.29, 1.82) is 0 Å².